The lowest BCUT2D eigenvalue weighted by molar-refractivity contribution is 0.0952. The van der Waals surface area contributed by atoms with Crippen LogP contribution in [-0.4, -0.2) is 26.2 Å². The standard InChI is InChI=1S/C16H19NO3/c1-3-10-20-14-7-6-13(11-15(14)19-2)16(18)17-9-8-12-4-5-12/h1,6-7,11-12H,4-5,8-10H2,2H3,(H,17,18). The molecule has 1 aliphatic carbocycles. The summed E-state index contributed by atoms with van der Waals surface area (Å²) < 4.78 is 10.6. The van der Waals surface area contributed by atoms with Crippen molar-refractivity contribution in [1.29, 1.82) is 0 Å². The van der Waals surface area contributed by atoms with Gasteiger partial charge in [0.1, 0.15) is 6.61 Å². The number of carbonyl (C=O) groups is 1. The average molecular weight is 273 g/mol. The van der Waals surface area contributed by atoms with Crippen molar-refractivity contribution in [2.45, 2.75) is 19.3 Å². The first-order valence-electron chi connectivity index (χ1n) is 6.77. The van der Waals surface area contributed by atoms with E-state index in [1.807, 2.05) is 0 Å². The first-order valence-corrected chi connectivity index (χ1v) is 6.77. The third-order valence-electron chi connectivity index (χ3n) is 3.27. The summed E-state index contributed by atoms with van der Waals surface area (Å²) in [6, 6.07) is 5.07. The summed E-state index contributed by atoms with van der Waals surface area (Å²) >= 11 is 0. The van der Waals surface area contributed by atoms with Gasteiger partial charge in [0.2, 0.25) is 0 Å². The maximum Gasteiger partial charge on any atom is 0.251 e. The van der Waals surface area contributed by atoms with E-state index >= 15 is 0 Å². The second kappa shape index (κ2) is 6.85. The van der Waals surface area contributed by atoms with Crippen LogP contribution in [0.3, 0.4) is 0 Å². The summed E-state index contributed by atoms with van der Waals surface area (Å²) in [7, 11) is 1.53. The van der Waals surface area contributed by atoms with E-state index in [0.29, 0.717) is 17.1 Å². The van der Waals surface area contributed by atoms with E-state index < -0.39 is 0 Å². The Kier molecular flexibility index (Phi) is 4.89. The van der Waals surface area contributed by atoms with Crippen molar-refractivity contribution in [1.82, 2.24) is 5.32 Å². The molecule has 0 atom stereocenters. The molecular weight excluding hydrogens is 254 g/mol. The minimum atomic E-state index is -0.0903. The summed E-state index contributed by atoms with van der Waals surface area (Å²) in [6.07, 6.45) is 8.81. The summed E-state index contributed by atoms with van der Waals surface area (Å²) in [5.41, 5.74) is 0.561. The Morgan fingerprint density at radius 2 is 2.25 bits per heavy atom. The number of hydrogen-bond donors (Lipinski definition) is 1. The fourth-order valence-electron chi connectivity index (χ4n) is 1.95. The molecule has 0 bridgehead atoms. The number of benzene rings is 1. The fraction of sp³-hybridized carbons (Fsp3) is 0.438. The van der Waals surface area contributed by atoms with Crippen molar-refractivity contribution in [3.63, 3.8) is 0 Å². The van der Waals surface area contributed by atoms with E-state index in [9.17, 15) is 4.79 Å². The van der Waals surface area contributed by atoms with Crippen molar-refractivity contribution >= 4 is 5.91 Å². The number of carbonyl (C=O) groups excluding carboxylic acids is 1. The zero-order valence-corrected chi connectivity index (χ0v) is 11.6. The minimum Gasteiger partial charge on any atom is -0.493 e. The molecule has 0 spiro atoms. The molecule has 1 fully saturated rings. The van der Waals surface area contributed by atoms with Gasteiger partial charge in [-0.2, -0.15) is 0 Å². The third kappa shape index (κ3) is 3.92. The van der Waals surface area contributed by atoms with Gasteiger partial charge in [0.05, 0.1) is 7.11 Å². The Morgan fingerprint density at radius 3 is 2.90 bits per heavy atom. The molecule has 1 aliphatic rings. The summed E-state index contributed by atoms with van der Waals surface area (Å²) in [5, 5.41) is 2.92. The van der Waals surface area contributed by atoms with Crippen LogP contribution in [0.5, 0.6) is 11.5 Å². The fourth-order valence-corrected chi connectivity index (χ4v) is 1.95. The molecule has 1 N–H and O–H groups in total. The zero-order chi connectivity index (χ0) is 14.4. The molecule has 0 aliphatic heterocycles. The number of ether oxygens (including phenoxy) is 2. The van der Waals surface area contributed by atoms with E-state index in [1.54, 1.807) is 18.2 Å². The molecule has 0 unspecified atom stereocenters. The van der Waals surface area contributed by atoms with Gasteiger partial charge in [-0.1, -0.05) is 18.8 Å². The van der Waals surface area contributed by atoms with Gasteiger partial charge in [-0.05, 0) is 30.5 Å². The largest absolute Gasteiger partial charge is 0.493 e. The van der Waals surface area contributed by atoms with Crippen LogP contribution in [0.2, 0.25) is 0 Å². The number of amides is 1. The predicted molar refractivity (Wildman–Crippen MR) is 77.0 cm³/mol. The van der Waals surface area contributed by atoms with Gasteiger partial charge in [0.25, 0.3) is 5.91 Å². The van der Waals surface area contributed by atoms with Gasteiger partial charge in [-0.3, -0.25) is 4.79 Å². The lowest BCUT2D eigenvalue weighted by Crippen LogP contribution is -2.24. The van der Waals surface area contributed by atoms with E-state index in [2.05, 4.69) is 11.2 Å². The molecule has 4 nitrogen and oxygen atoms in total. The lowest BCUT2D eigenvalue weighted by Gasteiger charge is -2.11. The Balaban J connectivity index is 1.96. The molecular formula is C16H19NO3. The Morgan fingerprint density at radius 1 is 1.45 bits per heavy atom. The molecule has 20 heavy (non-hydrogen) atoms. The van der Waals surface area contributed by atoms with Crippen LogP contribution in [0.4, 0.5) is 0 Å². The van der Waals surface area contributed by atoms with Crippen molar-refractivity contribution in [2.75, 3.05) is 20.3 Å². The summed E-state index contributed by atoms with van der Waals surface area (Å²) in [4.78, 5) is 12.0. The van der Waals surface area contributed by atoms with Crippen LogP contribution in [0.1, 0.15) is 29.6 Å². The quantitative estimate of drug-likeness (QED) is 0.775. The normalized spacial score (nSPS) is 13.4. The van der Waals surface area contributed by atoms with Crippen molar-refractivity contribution in [3.8, 4) is 23.8 Å². The second-order valence-corrected chi connectivity index (χ2v) is 4.85. The topological polar surface area (TPSA) is 47.6 Å². The molecule has 2 rings (SSSR count). The molecule has 106 valence electrons. The number of hydrogen-bond acceptors (Lipinski definition) is 3. The molecule has 0 radical (unpaired) electrons. The lowest BCUT2D eigenvalue weighted by atomic mass is 10.2. The van der Waals surface area contributed by atoms with Gasteiger partial charge in [-0.15, -0.1) is 6.42 Å². The summed E-state index contributed by atoms with van der Waals surface area (Å²) in [5.74, 6) is 4.16. The van der Waals surface area contributed by atoms with Gasteiger partial charge in [-0.25, -0.2) is 0 Å². The summed E-state index contributed by atoms with van der Waals surface area (Å²) in [6.45, 7) is 0.893. The highest BCUT2D eigenvalue weighted by atomic mass is 16.5. The van der Waals surface area contributed by atoms with Crippen LogP contribution in [-0.2, 0) is 0 Å². The second-order valence-electron chi connectivity index (χ2n) is 4.85. The predicted octanol–water partition coefficient (Wildman–Crippen LogP) is 2.24. The zero-order valence-electron chi connectivity index (χ0n) is 11.6. The van der Waals surface area contributed by atoms with Crippen LogP contribution >= 0.6 is 0 Å². The van der Waals surface area contributed by atoms with Gasteiger partial charge in [0.15, 0.2) is 11.5 Å². The molecule has 1 aromatic carbocycles. The molecule has 4 heteroatoms. The Bertz CT molecular complexity index is 515. The van der Waals surface area contributed by atoms with Crippen LogP contribution in [0.25, 0.3) is 0 Å². The Hall–Kier alpha value is -2.15. The van der Waals surface area contributed by atoms with Crippen molar-refractivity contribution in [2.24, 2.45) is 5.92 Å². The van der Waals surface area contributed by atoms with Crippen LogP contribution in [0, 0.1) is 18.3 Å². The van der Waals surface area contributed by atoms with Crippen LogP contribution in [0.15, 0.2) is 18.2 Å². The molecule has 0 heterocycles. The van der Waals surface area contributed by atoms with Gasteiger partial charge >= 0.3 is 0 Å². The first-order chi connectivity index (χ1) is 9.74. The highest BCUT2D eigenvalue weighted by Gasteiger charge is 2.20. The van der Waals surface area contributed by atoms with E-state index in [1.165, 1.54) is 20.0 Å². The SMILES string of the molecule is C#CCOc1ccc(C(=O)NCCC2CC2)cc1OC. The first kappa shape index (κ1) is 14.3. The molecule has 0 saturated heterocycles. The number of rotatable bonds is 7. The molecule has 0 aromatic heterocycles. The molecule has 1 saturated carbocycles. The highest BCUT2D eigenvalue weighted by molar-refractivity contribution is 5.94. The van der Waals surface area contributed by atoms with Crippen LogP contribution < -0.4 is 14.8 Å². The van der Waals surface area contributed by atoms with Crippen molar-refractivity contribution in [3.05, 3.63) is 23.8 Å². The van der Waals surface area contributed by atoms with Gasteiger partial charge < -0.3 is 14.8 Å². The molecule has 1 amide bonds. The minimum absolute atomic E-state index is 0.0903. The third-order valence-corrected chi connectivity index (χ3v) is 3.27. The monoisotopic (exact) mass is 273 g/mol. The molecule has 1 aromatic rings. The number of methoxy groups -OCH3 is 1. The number of terminal acetylenes is 1. The number of nitrogens with one attached hydrogen (secondary N) is 1. The highest BCUT2D eigenvalue weighted by Crippen LogP contribution is 2.32. The van der Waals surface area contributed by atoms with Crippen molar-refractivity contribution < 1.29 is 14.3 Å². The Labute approximate surface area is 119 Å². The van der Waals surface area contributed by atoms with Gasteiger partial charge in [0, 0.05) is 12.1 Å². The van der Waals surface area contributed by atoms with E-state index in [4.69, 9.17) is 15.9 Å². The van der Waals surface area contributed by atoms with E-state index in [-0.39, 0.29) is 12.5 Å². The smallest absolute Gasteiger partial charge is 0.251 e. The average Bonchev–Trinajstić information content (AvgIpc) is 3.29. The maximum atomic E-state index is 12.0. The van der Waals surface area contributed by atoms with E-state index in [0.717, 1.165) is 18.9 Å². The maximum absolute atomic E-state index is 12.0.